The Morgan fingerprint density at radius 1 is 1.50 bits per heavy atom. The van der Waals surface area contributed by atoms with E-state index in [4.69, 9.17) is 0 Å². The van der Waals surface area contributed by atoms with E-state index in [2.05, 4.69) is 9.97 Å². The number of aromatic nitrogens is 2. The van der Waals surface area contributed by atoms with Gasteiger partial charge in [-0.05, 0) is 0 Å². The summed E-state index contributed by atoms with van der Waals surface area (Å²) in [6.07, 6.45) is 4.49. The Balaban J connectivity index is 3.02. The van der Waals surface area contributed by atoms with Gasteiger partial charge in [0.1, 0.15) is 5.69 Å². The van der Waals surface area contributed by atoms with E-state index < -0.39 is 15.3 Å². The Labute approximate surface area is 69.4 Å². The molecule has 1 aromatic heterocycles. The van der Waals surface area contributed by atoms with Crippen molar-refractivity contribution in [2.75, 3.05) is 6.26 Å². The molecule has 0 bridgehead atoms. The van der Waals surface area contributed by atoms with Crippen molar-refractivity contribution >= 4 is 9.84 Å². The van der Waals surface area contributed by atoms with Crippen LogP contribution in [-0.4, -0.2) is 24.6 Å². The zero-order valence-corrected chi connectivity index (χ0v) is 7.12. The maximum atomic E-state index is 13.0. The summed E-state index contributed by atoms with van der Waals surface area (Å²) in [5.74, 6) is 0. The molecule has 0 fully saturated rings. The second-order valence-corrected chi connectivity index (χ2v) is 4.35. The summed E-state index contributed by atoms with van der Waals surface area (Å²) in [5.41, 5.74) is -2.26. The Morgan fingerprint density at radius 2 is 2.17 bits per heavy atom. The highest BCUT2D eigenvalue weighted by atomic mass is 32.2. The van der Waals surface area contributed by atoms with Gasteiger partial charge in [0.2, 0.25) is 5.50 Å². The van der Waals surface area contributed by atoms with Crippen molar-refractivity contribution in [1.82, 2.24) is 9.97 Å². The molecule has 0 aliphatic carbocycles. The van der Waals surface area contributed by atoms with Crippen LogP contribution in [0.1, 0.15) is 11.2 Å². The highest BCUT2D eigenvalue weighted by molar-refractivity contribution is 7.90. The third-order valence-corrected chi connectivity index (χ3v) is 2.18. The minimum absolute atomic E-state index is 0.181. The van der Waals surface area contributed by atoms with Gasteiger partial charge in [0.25, 0.3) is 0 Å². The molecule has 4 nitrogen and oxygen atoms in total. The van der Waals surface area contributed by atoms with Crippen molar-refractivity contribution in [3.05, 3.63) is 24.3 Å². The lowest BCUT2D eigenvalue weighted by Crippen LogP contribution is -2.08. The molecule has 1 unspecified atom stereocenters. The molecule has 1 heterocycles. The molecule has 1 rings (SSSR count). The first kappa shape index (κ1) is 9.05. The lowest BCUT2D eigenvalue weighted by Gasteiger charge is -2.02. The van der Waals surface area contributed by atoms with Crippen molar-refractivity contribution in [1.29, 1.82) is 0 Å². The summed E-state index contributed by atoms with van der Waals surface area (Å²) in [6, 6.07) is 0. The van der Waals surface area contributed by atoms with Gasteiger partial charge >= 0.3 is 0 Å². The second kappa shape index (κ2) is 3.14. The molecule has 1 aromatic rings. The molecule has 0 saturated carbocycles. The largest absolute Gasteiger partial charge is 0.261 e. The number of nitrogens with zero attached hydrogens (tertiary/aromatic N) is 2. The fraction of sp³-hybridized carbons (Fsp3) is 0.333. The molecule has 0 radical (unpaired) electrons. The predicted molar refractivity (Wildman–Crippen MR) is 40.7 cm³/mol. The Kier molecular flexibility index (Phi) is 2.37. The van der Waals surface area contributed by atoms with Gasteiger partial charge in [-0.25, -0.2) is 12.8 Å². The fourth-order valence-electron chi connectivity index (χ4n) is 0.647. The number of alkyl halides is 1. The van der Waals surface area contributed by atoms with E-state index in [1.54, 1.807) is 0 Å². The minimum atomic E-state index is -3.73. The van der Waals surface area contributed by atoms with Crippen LogP contribution >= 0.6 is 0 Å². The standard InChI is InChI=1S/C6H7FN2O2S/c1-12(10,11)6(7)5-4-8-2-3-9-5/h2-4,6H,1H3. The Morgan fingerprint density at radius 3 is 2.58 bits per heavy atom. The molecule has 0 aromatic carbocycles. The maximum Gasteiger partial charge on any atom is 0.243 e. The van der Waals surface area contributed by atoms with E-state index in [0.29, 0.717) is 0 Å². The fourth-order valence-corrected chi connectivity index (χ4v) is 1.21. The molecule has 12 heavy (non-hydrogen) atoms. The number of sulfone groups is 1. The van der Waals surface area contributed by atoms with Crippen LogP contribution in [0.3, 0.4) is 0 Å². The molecular weight excluding hydrogens is 183 g/mol. The smallest absolute Gasteiger partial charge is 0.243 e. The summed E-state index contributed by atoms with van der Waals surface area (Å²) < 4.78 is 34.3. The van der Waals surface area contributed by atoms with E-state index in [1.807, 2.05) is 0 Å². The summed E-state index contributed by atoms with van der Waals surface area (Å²) in [6.45, 7) is 0. The van der Waals surface area contributed by atoms with Crippen LogP contribution in [0.4, 0.5) is 4.39 Å². The van der Waals surface area contributed by atoms with Crippen molar-refractivity contribution < 1.29 is 12.8 Å². The molecule has 0 aliphatic heterocycles. The topological polar surface area (TPSA) is 59.9 Å². The van der Waals surface area contributed by atoms with Crippen molar-refractivity contribution in [3.8, 4) is 0 Å². The number of rotatable bonds is 2. The predicted octanol–water partition coefficient (Wildman–Crippen LogP) is 0.489. The minimum Gasteiger partial charge on any atom is -0.261 e. The monoisotopic (exact) mass is 190 g/mol. The van der Waals surface area contributed by atoms with Gasteiger partial charge in [-0.15, -0.1) is 0 Å². The third kappa shape index (κ3) is 1.97. The van der Waals surface area contributed by atoms with Crippen molar-refractivity contribution in [2.45, 2.75) is 5.50 Å². The van der Waals surface area contributed by atoms with Crippen LogP contribution in [0.25, 0.3) is 0 Å². The molecule has 66 valence electrons. The quantitative estimate of drug-likeness (QED) is 0.681. The number of halogens is 1. The van der Waals surface area contributed by atoms with Gasteiger partial charge in [-0.3, -0.25) is 9.97 Å². The Bertz CT molecular complexity index is 351. The van der Waals surface area contributed by atoms with Gasteiger partial charge in [-0.2, -0.15) is 0 Å². The van der Waals surface area contributed by atoms with E-state index in [-0.39, 0.29) is 5.69 Å². The number of hydrogen-bond acceptors (Lipinski definition) is 4. The summed E-state index contributed by atoms with van der Waals surface area (Å²) in [4.78, 5) is 7.08. The lowest BCUT2D eigenvalue weighted by atomic mass is 10.5. The number of hydrogen-bond donors (Lipinski definition) is 0. The maximum absolute atomic E-state index is 13.0. The molecule has 0 amide bonds. The van der Waals surface area contributed by atoms with Crippen LogP contribution < -0.4 is 0 Å². The van der Waals surface area contributed by atoms with Gasteiger partial charge in [0, 0.05) is 18.6 Å². The molecule has 0 N–H and O–H groups in total. The van der Waals surface area contributed by atoms with E-state index in [1.165, 1.54) is 12.4 Å². The van der Waals surface area contributed by atoms with Gasteiger partial charge in [0.05, 0.1) is 6.20 Å². The van der Waals surface area contributed by atoms with Gasteiger partial charge in [-0.1, -0.05) is 0 Å². The van der Waals surface area contributed by atoms with Crippen LogP contribution in [0.2, 0.25) is 0 Å². The molecule has 1 atom stereocenters. The summed E-state index contributed by atoms with van der Waals surface area (Å²) in [5, 5.41) is 0. The second-order valence-electron chi connectivity index (χ2n) is 2.28. The third-order valence-electron chi connectivity index (χ3n) is 1.19. The van der Waals surface area contributed by atoms with E-state index in [0.717, 1.165) is 12.5 Å². The van der Waals surface area contributed by atoms with Crippen LogP contribution in [-0.2, 0) is 9.84 Å². The molecule has 6 heteroatoms. The average Bonchev–Trinajstić information content (AvgIpc) is 2.03. The average molecular weight is 190 g/mol. The summed E-state index contributed by atoms with van der Waals surface area (Å²) >= 11 is 0. The Hall–Kier alpha value is -1.04. The molecule has 0 spiro atoms. The summed E-state index contributed by atoms with van der Waals surface area (Å²) in [7, 11) is -3.73. The van der Waals surface area contributed by atoms with Gasteiger partial charge < -0.3 is 0 Å². The molecular formula is C6H7FN2O2S. The van der Waals surface area contributed by atoms with Crippen LogP contribution in [0.5, 0.6) is 0 Å². The highest BCUT2D eigenvalue weighted by Gasteiger charge is 2.22. The van der Waals surface area contributed by atoms with Crippen molar-refractivity contribution in [3.63, 3.8) is 0 Å². The van der Waals surface area contributed by atoms with Crippen molar-refractivity contribution in [2.24, 2.45) is 0 Å². The lowest BCUT2D eigenvalue weighted by molar-refractivity contribution is 0.425. The van der Waals surface area contributed by atoms with Crippen LogP contribution in [0, 0.1) is 0 Å². The van der Waals surface area contributed by atoms with Crippen LogP contribution in [0.15, 0.2) is 18.6 Å². The first-order valence-electron chi connectivity index (χ1n) is 3.10. The van der Waals surface area contributed by atoms with Gasteiger partial charge in [0.15, 0.2) is 9.84 Å². The van der Waals surface area contributed by atoms with E-state index >= 15 is 0 Å². The zero-order chi connectivity index (χ0) is 9.19. The molecule has 0 aliphatic rings. The van der Waals surface area contributed by atoms with E-state index in [9.17, 15) is 12.8 Å². The zero-order valence-electron chi connectivity index (χ0n) is 6.31. The first-order valence-corrected chi connectivity index (χ1v) is 5.06. The highest BCUT2D eigenvalue weighted by Crippen LogP contribution is 2.19. The SMILES string of the molecule is CS(=O)(=O)C(F)c1cnccn1. The molecule has 0 saturated heterocycles. The first-order chi connectivity index (χ1) is 5.52. The normalized spacial score (nSPS) is 14.2.